The SMILES string of the molecule is CCC[C@H](NC(=O)NCC1(CC)CC1)C(=O)O. The number of hydrogen-bond acceptors (Lipinski definition) is 2. The summed E-state index contributed by atoms with van der Waals surface area (Å²) in [6.07, 6.45) is 4.56. The fourth-order valence-corrected chi connectivity index (χ4v) is 1.86. The third-order valence-corrected chi connectivity index (χ3v) is 3.51. The molecule has 0 aromatic heterocycles. The van der Waals surface area contributed by atoms with Gasteiger partial charge in [-0.15, -0.1) is 0 Å². The van der Waals surface area contributed by atoms with Crippen LogP contribution in [0.15, 0.2) is 0 Å². The van der Waals surface area contributed by atoms with Crippen LogP contribution >= 0.6 is 0 Å². The summed E-state index contributed by atoms with van der Waals surface area (Å²) in [7, 11) is 0. The number of carbonyl (C=O) groups is 2. The van der Waals surface area contributed by atoms with Crippen LogP contribution in [0.2, 0.25) is 0 Å². The van der Waals surface area contributed by atoms with Gasteiger partial charge in [-0.2, -0.15) is 0 Å². The van der Waals surface area contributed by atoms with Crippen molar-refractivity contribution in [1.82, 2.24) is 10.6 Å². The highest BCUT2D eigenvalue weighted by molar-refractivity contribution is 5.82. The third-order valence-electron chi connectivity index (χ3n) is 3.51. The van der Waals surface area contributed by atoms with Crippen molar-refractivity contribution in [1.29, 1.82) is 0 Å². The van der Waals surface area contributed by atoms with E-state index in [1.54, 1.807) is 0 Å². The molecule has 3 N–H and O–H groups in total. The van der Waals surface area contributed by atoms with Crippen LogP contribution in [0.25, 0.3) is 0 Å². The molecule has 1 saturated carbocycles. The van der Waals surface area contributed by atoms with Crippen molar-refractivity contribution < 1.29 is 14.7 Å². The normalized spacial score (nSPS) is 18.2. The van der Waals surface area contributed by atoms with Crippen LogP contribution in [-0.2, 0) is 4.79 Å². The molecule has 0 aromatic rings. The lowest BCUT2D eigenvalue weighted by Gasteiger charge is -2.17. The molecule has 5 nitrogen and oxygen atoms in total. The molecule has 0 unspecified atom stereocenters. The lowest BCUT2D eigenvalue weighted by atomic mass is 10.0. The fraction of sp³-hybridized carbons (Fsp3) is 0.833. The first-order valence-corrected chi connectivity index (χ1v) is 6.30. The largest absolute Gasteiger partial charge is 0.480 e. The van der Waals surface area contributed by atoms with E-state index in [0.29, 0.717) is 13.0 Å². The number of nitrogens with one attached hydrogen (secondary N) is 2. The summed E-state index contributed by atoms with van der Waals surface area (Å²) in [5.41, 5.74) is 0.279. The Hall–Kier alpha value is -1.26. The van der Waals surface area contributed by atoms with E-state index in [4.69, 9.17) is 5.11 Å². The van der Waals surface area contributed by atoms with Crippen LogP contribution in [0.3, 0.4) is 0 Å². The van der Waals surface area contributed by atoms with Crippen LogP contribution in [0, 0.1) is 5.41 Å². The van der Waals surface area contributed by atoms with Gasteiger partial charge < -0.3 is 15.7 Å². The second-order valence-electron chi connectivity index (χ2n) is 4.86. The van der Waals surface area contributed by atoms with Crippen LogP contribution < -0.4 is 10.6 Å². The summed E-state index contributed by atoms with van der Waals surface area (Å²) in [6.45, 7) is 4.66. The molecule has 0 radical (unpaired) electrons. The molecular formula is C12H22N2O3. The first kappa shape index (κ1) is 13.8. The molecule has 1 atom stereocenters. The van der Waals surface area contributed by atoms with E-state index < -0.39 is 12.0 Å². The van der Waals surface area contributed by atoms with Crippen LogP contribution in [0.5, 0.6) is 0 Å². The van der Waals surface area contributed by atoms with Crippen molar-refractivity contribution in [3.63, 3.8) is 0 Å². The zero-order valence-electron chi connectivity index (χ0n) is 10.6. The van der Waals surface area contributed by atoms with Gasteiger partial charge in [-0.25, -0.2) is 9.59 Å². The summed E-state index contributed by atoms with van der Waals surface area (Å²) < 4.78 is 0. The molecule has 1 aliphatic rings. The molecule has 0 heterocycles. The molecule has 2 amide bonds. The zero-order chi connectivity index (χ0) is 12.9. The zero-order valence-corrected chi connectivity index (χ0v) is 10.6. The summed E-state index contributed by atoms with van der Waals surface area (Å²) in [4.78, 5) is 22.4. The van der Waals surface area contributed by atoms with Crippen molar-refractivity contribution in [3.8, 4) is 0 Å². The molecule has 1 rings (SSSR count). The van der Waals surface area contributed by atoms with Crippen LogP contribution in [0.1, 0.15) is 46.0 Å². The summed E-state index contributed by atoms with van der Waals surface area (Å²) in [6, 6.07) is -1.15. The van der Waals surface area contributed by atoms with E-state index in [0.717, 1.165) is 25.7 Å². The minimum atomic E-state index is -0.973. The summed E-state index contributed by atoms with van der Waals surface area (Å²) in [5, 5.41) is 14.2. The maximum Gasteiger partial charge on any atom is 0.326 e. The predicted molar refractivity (Wildman–Crippen MR) is 64.8 cm³/mol. The van der Waals surface area contributed by atoms with Gasteiger partial charge in [-0.3, -0.25) is 0 Å². The van der Waals surface area contributed by atoms with Gasteiger partial charge in [0, 0.05) is 6.54 Å². The molecule has 0 bridgehead atoms. The molecule has 1 aliphatic carbocycles. The highest BCUT2D eigenvalue weighted by Gasteiger charge is 2.40. The molecule has 0 aromatic carbocycles. The van der Waals surface area contributed by atoms with Crippen molar-refractivity contribution >= 4 is 12.0 Å². The Kier molecular flexibility index (Phi) is 4.78. The Balaban J connectivity index is 2.29. The standard InChI is InChI=1S/C12H22N2O3/c1-3-5-9(10(15)16)14-11(17)13-8-12(4-2)6-7-12/h9H,3-8H2,1-2H3,(H,15,16)(H2,13,14,17)/t9-/m0/s1. The topological polar surface area (TPSA) is 78.4 Å². The molecular weight excluding hydrogens is 220 g/mol. The van der Waals surface area contributed by atoms with Gasteiger partial charge in [0.1, 0.15) is 6.04 Å². The average molecular weight is 242 g/mol. The monoisotopic (exact) mass is 242 g/mol. The summed E-state index contributed by atoms with van der Waals surface area (Å²) >= 11 is 0. The fourth-order valence-electron chi connectivity index (χ4n) is 1.86. The predicted octanol–water partition coefficient (Wildman–Crippen LogP) is 1.73. The van der Waals surface area contributed by atoms with Gasteiger partial charge in [-0.1, -0.05) is 20.3 Å². The highest BCUT2D eigenvalue weighted by Crippen LogP contribution is 2.47. The number of amides is 2. The quantitative estimate of drug-likeness (QED) is 0.636. The van der Waals surface area contributed by atoms with Gasteiger partial charge in [0.15, 0.2) is 0 Å². The Bertz CT molecular complexity index is 287. The first-order chi connectivity index (χ1) is 8.03. The molecule has 0 saturated heterocycles. The molecule has 0 spiro atoms. The van der Waals surface area contributed by atoms with E-state index in [9.17, 15) is 9.59 Å². The Morgan fingerprint density at radius 1 is 1.35 bits per heavy atom. The van der Waals surface area contributed by atoms with E-state index in [2.05, 4.69) is 17.6 Å². The highest BCUT2D eigenvalue weighted by atomic mass is 16.4. The molecule has 98 valence electrons. The number of urea groups is 1. The number of carbonyl (C=O) groups excluding carboxylic acids is 1. The lowest BCUT2D eigenvalue weighted by Crippen LogP contribution is -2.47. The first-order valence-electron chi connectivity index (χ1n) is 6.30. The minimum Gasteiger partial charge on any atom is -0.480 e. The number of aliphatic carboxylic acids is 1. The lowest BCUT2D eigenvalue weighted by molar-refractivity contribution is -0.139. The Morgan fingerprint density at radius 2 is 2.00 bits per heavy atom. The number of carboxylic acid groups (broad SMARTS) is 1. The second-order valence-corrected chi connectivity index (χ2v) is 4.86. The van der Waals surface area contributed by atoms with Crippen LogP contribution in [0.4, 0.5) is 4.79 Å². The molecule has 0 aliphatic heterocycles. The van der Waals surface area contributed by atoms with E-state index >= 15 is 0 Å². The van der Waals surface area contributed by atoms with E-state index in [-0.39, 0.29) is 11.4 Å². The number of hydrogen-bond donors (Lipinski definition) is 3. The Morgan fingerprint density at radius 3 is 2.41 bits per heavy atom. The Labute approximate surface area is 102 Å². The molecule has 17 heavy (non-hydrogen) atoms. The number of rotatable bonds is 7. The second kappa shape index (κ2) is 5.89. The molecule has 5 heteroatoms. The van der Waals surface area contributed by atoms with Crippen molar-refractivity contribution in [2.75, 3.05) is 6.54 Å². The van der Waals surface area contributed by atoms with Crippen molar-refractivity contribution in [3.05, 3.63) is 0 Å². The molecule has 1 fully saturated rings. The van der Waals surface area contributed by atoms with Gasteiger partial charge in [-0.05, 0) is 31.1 Å². The average Bonchev–Trinajstić information content (AvgIpc) is 3.06. The van der Waals surface area contributed by atoms with Gasteiger partial charge >= 0.3 is 12.0 Å². The van der Waals surface area contributed by atoms with Crippen LogP contribution in [-0.4, -0.2) is 29.7 Å². The van der Waals surface area contributed by atoms with Gasteiger partial charge in [0.25, 0.3) is 0 Å². The van der Waals surface area contributed by atoms with E-state index in [1.165, 1.54) is 0 Å². The maximum atomic E-state index is 11.5. The maximum absolute atomic E-state index is 11.5. The van der Waals surface area contributed by atoms with Gasteiger partial charge in [0.05, 0.1) is 0 Å². The summed E-state index contributed by atoms with van der Waals surface area (Å²) in [5.74, 6) is -0.973. The smallest absolute Gasteiger partial charge is 0.326 e. The van der Waals surface area contributed by atoms with Crippen molar-refractivity contribution in [2.24, 2.45) is 5.41 Å². The minimum absolute atomic E-state index is 0.279. The number of carboxylic acids is 1. The van der Waals surface area contributed by atoms with Gasteiger partial charge in [0.2, 0.25) is 0 Å². The van der Waals surface area contributed by atoms with E-state index in [1.807, 2.05) is 6.92 Å². The third kappa shape index (κ3) is 4.24. The van der Waals surface area contributed by atoms with Crippen molar-refractivity contribution in [2.45, 2.75) is 52.0 Å².